The minimum atomic E-state index is -0.963. The van der Waals surface area contributed by atoms with Gasteiger partial charge in [0.05, 0.1) is 3.92 Å². The van der Waals surface area contributed by atoms with Gasteiger partial charge in [0.25, 0.3) is 0 Å². The first-order chi connectivity index (χ1) is 10.1. The molecule has 7 heteroatoms. The van der Waals surface area contributed by atoms with Gasteiger partial charge in [0, 0.05) is 0 Å². The van der Waals surface area contributed by atoms with Crippen LogP contribution in [0.1, 0.15) is 12.0 Å². The summed E-state index contributed by atoms with van der Waals surface area (Å²) in [4.78, 5) is 23.0. The molecule has 0 bridgehead atoms. The summed E-state index contributed by atoms with van der Waals surface area (Å²) in [5, 5.41) is 3.12. The van der Waals surface area contributed by atoms with Crippen molar-refractivity contribution in [2.75, 3.05) is 12.8 Å². The topological polar surface area (TPSA) is 64.6 Å². The summed E-state index contributed by atoms with van der Waals surface area (Å²) >= 11 is 3.55. The van der Waals surface area contributed by atoms with Crippen LogP contribution in [0.3, 0.4) is 0 Å². The lowest BCUT2D eigenvalue weighted by atomic mass is 10.2. The molecule has 0 aliphatic carbocycles. The molecule has 1 saturated heterocycles. The molecule has 2 rings (SSSR count). The molecule has 1 N–H and O–H groups in total. The van der Waals surface area contributed by atoms with Crippen LogP contribution in [-0.4, -0.2) is 33.7 Å². The molecule has 114 valence electrons. The van der Waals surface area contributed by atoms with Gasteiger partial charge in [0.2, 0.25) is 0 Å². The highest BCUT2D eigenvalue weighted by molar-refractivity contribution is 14.1. The number of thioether (sulfide) groups is 1. The predicted molar refractivity (Wildman–Crippen MR) is 89.4 cm³/mol. The summed E-state index contributed by atoms with van der Waals surface area (Å²) in [6.07, 6.45) is 1.71. The zero-order valence-corrected chi connectivity index (χ0v) is 14.5. The number of hydrogen-bond acceptors (Lipinski definition) is 6. The molecule has 0 saturated carbocycles. The summed E-state index contributed by atoms with van der Waals surface area (Å²) in [5.41, 5.74) is 0.840. The molecule has 1 aliphatic rings. The number of rotatable bonds is 4. The van der Waals surface area contributed by atoms with Gasteiger partial charge in [-0.25, -0.2) is 9.59 Å². The Morgan fingerprint density at radius 1 is 1.43 bits per heavy atom. The van der Waals surface area contributed by atoms with Gasteiger partial charge in [-0.15, -0.1) is 11.8 Å². The van der Waals surface area contributed by atoms with Crippen molar-refractivity contribution in [3.63, 3.8) is 0 Å². The van der Waals surface area contributed by atoms with Gasteiger partial charge in [-0.05, 0) is 24.8 Å². The summed E-state index contributed by atoms with van der Waals surface area (Å²) in [7, 11) is 0. The van der Waals surface area contributed by atoms with Crippen molar-refractivity contribution in [2.24, 2.45) is 0 Å². The van der Waals surface area contributed by atoms with Crippen molar-refractivity contribution >= 4 is 46.5 Å². The molecular weight excluding hydrogens is 405 g/mol. The summed E-state index contributed by atoms with van der Waals surface area (Å²) in [5.74, 6) is -0.593. The Morgan fingerprint density at radius 2 is 2.14 bits per heavy atom. The van der Waals surface area contributed by atoms with E-state index in [1.54, 1.807) is 0 Å². The molecular formula is C14H16INO4S. The third-order valence-electron chi connectivity index (χ3n) is 3.23. The Kier molecular flexibility index (Phi) is 5.88. The van der Waals surface area contributed by atoms with Crippen molar-refractivity contribution in [1.29, 1.82) is 0 Å². The van der Waals surface area contributed by atoms with Crippen molar-refractivity contribution in [2.45, 2.75) is 21.8 Å². The third-order valence-corrected chi connectivity index (χ3v) is 6.45. The number of benzene rings is 1. The van der Waals surface area contributed by atoms with Gasteiger partial charge in [-0.3, -0.25) is 5.32 Å². The van der Waals surface area contributed by atoms with E-state index < -0.39 is 17.0 Å². The molecule has 0 spiro atoms. The number of nitrogens with one attached hydrogen (secondary N) is 1. The van der Waals surface area contributed by atoms with Gasteiger partial charge in [0.15, 0.2) is 4.87 Å². The highest BCUT2D eigenvalue weighted by atomic mass is 127. The molecule has 0 radical (unpaired) electrons. The normalized spacial score (nSPS) is 24.6. The molecule has 21 heavy (non-hydrogen) atoms. The van der Waals surface area contributed by atoms with E-state index in [0.717, 1.165) is 18.5 Å². The van der Waals surface area contributed by atoms with Crippen molar-refractivity contribution in [3.05, 3.63) is 35.9 Å². The van der Waals surface area contributed by atoms with Gasteiger partial charge in [0.1, 0.15) is 6.61 Å². The van der Waals surface area contributed by atoms with Crippen molar-refractivity contribution < 1.29 is 19.1 Å². The lowest BCUT2D eigenvalue weighted by Gasteiger charge is -2.27. The van der Waals surface area contributed by atoms with E-state index in [1.165, 1.54) is 11.8 Å². The Balaban J connectivity index is 1.89. The van der Waals surface area contributed by atoms with Crippen LogP contribution in [0.5, 0.6) is 0 Å². The highest BCUT2D eigenvalue weighted by Crippen LogP contribution is 2.36. The lowest BCUT2D eigenvalue weighted by Crippen LogP contribution is -2.51. The standard InChI is InChI=1S/C14H16INO4S/c1-21-14(11(15)7-8-16-14)12(17)20-13(18)19-9-10-5-3-2-4-6-10/h2-6,11,16H,7-9H2,1H3/t11?,14-/m1/s1. The number of esters is 1. The fourth-order valence-corrected chi connectivity index (χ4v) is 4.46. The Morgan fingerprint density at radius 3 is 2.71 bits per heavy atom. The molecule has 5 nitrogen and oxygen atoms in total. The summed E-state index contributed by atoms with van der Waals surface area (Å²) in [6.45, 7) is 0.808. The molecule has 1 aromatic carbocycles. The van der Waals surface area contributed by atoms with Gasteiger partial charge in [-0.2, -0.15) is 0 Å². The molecule has 0 amide bonds. The van der Waals surface area contributed by atoms with E-state index in [4.69, 9.17) is 9.47 Å². The first-order valence-electron chi connectivity index (χ1n) is 6.45. The Bertz CT molecular complexity index is 513. The Labute approximate surface area is 141 Å². The van der Waals surface area contributed by atoms with E-state index >= 15 is 0 Å². The number of hydrogen-bond donors (Lipinski definition) is 1. The van der Waals surface area contributed by atoms with E-state index in [1.807, 2.05) is 36.6 Å². The minimum absolute atomic E-state index is 0.0690. The molecule has 1 fully saturated rings. The van der Waals surface area contributed by atoms with Crippen LogP contribution in [0.15, 0.2) is 30.3 Å². The molecule has 1 aliphatic heterocycles. The third kappa shape index (κ3) is 3.89. The Hall–Kier alpha value is -0.800. The van der Waals surface area contributed by atoms with Crippen LogP contribution in [-0.2, 0) is 20.9 Å². The molecule has 1 aromatic rings. The first kappa shape index (κ1) is 16.6. The van der Waals surface area contributed by atoms with Crippen molar-refractivity contribution in [3.8, 4) is 0 Å². The second-order valence-electron chi connectivity index (χ2n) is 4.54. The highest BCUT2D eigenvalue weighted by Gasteiger charge is 2.49. The van der Waals surface area contributed by atoms with E-state index in [-0.39, 0.29) is 10.5 Å². The van der Waals surface area contributed by atoms with Crippen molar-refractivity contribution in [1.82, 2.24) is 5.32 Å². The van der Waals surface area contributed by atoms with Crippen LogP contribution in [0.25, 0.3) is 0 Å². The van der Waals surface area contributed by atoms with E-state index in [9.17, 15) is 9.59 Å². The van der Waals surface area contributed by atoms with E-state index in [0.29, 0.717) is 0 Å². The summed E-state index contributed by atoms with van der Waals surface area (Å²) in [6, 6.07) is 9.23. The maximum Gasteiger partial charge on any atom is 0.516 e. The van der Waals surface area contributed by atoms with Gasteiger partial charge < -0.3 is 9.47 Å². The monoisotopic (exact) mass is 421 g/mol. The van der Waals surface area contributed by atoms with Gasteiger partial charge >= 0.3 is 12.1 Å². The molecule has 1 unspecified atom stereocenters. The quantitative estimate of drug-likeness (QED) is 0.349. The smallest absolute Gasteiger partial charge is 0.429 e. The maximum absolute atomic E-state index is 12.2. The average molecular weight is 421 g/mol. The number of ether oxygens (including phenoxy) is 2. The fourth-order valence-electron chi connectivity index (χ4n) is 2.08. The number of carbonyl (C=O) groups is 2. The number of alkyl halides is 1. The first-order valence-corrected chi connectivity index (χ1v) is 8.92. The second kappa shape index (κ2) is 7.46. The number of halogens is 1. The zero-order valence-electron chi connectivity index (χ0n) is 11.5. The zero-order chi connectivity index (χ0) is 15.3. The fraction of sp³-hybridized carbons (Fsp3) is 0.429. The predicted octanol–water partition coefficient (Wildman–Crippen LogP) is 2.72. The molecule has 2 atom stereocenters. The van der Waals surface area contributed by atoms with Crippen LogP contribution >= 0.6 is 34.4 Å². The van der Waals surface area contributed by atoms with Crippen LogP contribution < -0.4 is 5.32 Å². The average Bonchev–Trinajstić information content (AvgIpc) is 2.88. The summed E-state index contributed by atoms with van der Waals surface area (Å²) < 4.78 is 9.86. The largest absolute Gasteiger partial charge is 0.516 e. The van der Waals surface area contributed by atoms with E-state index in [2.05, 4.69) is 27.9 Å². The number of carbonyl (C=O) groups excluding carboxylic acids is 2. The second-order valence-corrected chi connectivity index (χ2v) is 7.09. The van der Waals surface area contributed by atoms with Gasteiger partial charge in [-0.1, -0.05) is 52.9 Å². The van der Waals surface area contributed by atoms with Crippen LogP contribution in [0.2, 0.25) is 0 Å². The van der Waals surface area contributed by atoms with Crippen LogP contribution in [0.4, 0.5) is 4.79 Å². The molecule has 1 heterocycles. The van der Waals surface area contributed by atoms with Crippen LogP contribution in [0, 0.1) is 0 Å². The maximum atomic E-state index is 12.2. The SMILES string of the molecule is CS[C@]1(C(=O)OC(=O)OCc2ccccc2)NCCC1I. The molecule has 0 aromatic heterocycles. The minimum Gasteiger partial charge on any atom is -0.429 e. The lowest BCUT2D eigenvalue weighted by molar-refractivity contribution is -0.143.